The standard InChI is InChI=1S/C24H24N4/c1-4-17-13-20(16-21(14-17)26-27-28(2)3)25-24-22-11-7-5-9-18(22)15-19-10-6-8-12-23(19)24/h5-16,25H,4H2,1-3H3. The molecule has 0 aliphatic carbocycles. The van der Waals surface area contributed by atoms with E-state index in [1.807, 2.05) is 20.2 Å². The van der Waals surface area contributed by atoms with Gasteiger partial charge in [-0.05, 0) is 47.0 Å². The topological polar surface area (TPSA) is 40.0 Å². The minimum atomic E-state index is 0.847. The van der Waals surface area contributed by atoms with Crippen LogP contribution in [0.25, 0.3) is 21.5 Å². The molecule has 0 fully saturated rings. The molecular formula is C24H24N4. The Morgan fingerprint density at radius 3 is 2.07 bits per heavy atom. The molecule has 0 atom stereocenters. The van der Waals surface area contributed by atoms with Crippen molar-refractivity contribution in [3.8, 4) is 0 Å². The van der Waals surface area contributed by atoms with Gasteiger partial charge in [0.2, 0.25) is 0 Å². The molecule has 4 aromatic carbocycles. The highest BCUT2D eigenvalue weighted by molar-refractivity contribution is 6.12. The van der Waals surface area contributed by atoms with Crippen LogP contribution < -0.4 is 5.32 Å². The maximum Gasteiger partial charge on any atom is 0.0897 e. The maximum absolute atomic E-state index is 4.35. The van der Waals surface area contributed by atoms with Crippen LogP contribution in [0.4, 0.5) is 17.1 Å². The molecule has 28 heavy (non-hydrogen) atoms. The van der Waals surface area contributed by atoms with Gasteiger partial charge in [0, 0.05) is 30.6 Å². The van der Waals surface area contributed by atoms with Crippen molar-refractivity contribution in [1.82, 2.24) is 5.01 Å². The third-order valence-corrected chi connectivity index (χ3v) is 4.77. The highest BCUT2D eigenvalue weighted by Crippen LogP contribution is 2.36. The second kappa shape index (κ2) is 7.69. The van der Waals surface area contributed by atoms with Crippen molar-refractivity contribution in [2.24, 2.45) is 10.3 Å². The number of hydrogen-bond donors (Lipinski definition) is 1. The first-order valence-corrected chi connectivity index (χ1v) is 9.54. The normalized spacial score (nSPS) is 11.4. The first-order valence-electron chi connectivity index (χ1n) is 9.54. The number of nitrogens with zero attached hydrogens (tertiary/aromatic N) is 3. The zero-order chi connectivity index (χ0) is 19.5. The highest BCUT2D eigenvalue weighted by atomic mass is 15.5. The summed E-state index contributed by atoms with van der Waals surface area (Å²) in [6.45, 7) is 2.15. The Bertz CT molecular complexity index is 1110. The molecule has 0 aliphatic rings. The summed E-state index contributed by atoms with van der Waals surface area (Å²) in [5.41, 5.74) is 4.22. The summed E-state index contributed by atoms with van der Waals surface area (Å²) >= 11 is 0. The Hall–Kier alpha value is -3.40. The molecule has 140 valence electrons. The number of aryl methyl sites for hydroxylation is 1. The van der Waals surface area contributed by atoms with Crippen LogP contribution in [-0.4, -0.2) is 19.1 Å². The van der Waals surface area contributed by atoms with Crippen LogP contribution in [-0.2, 0) is 6.42 Å². The zero-order valence-corrected chi connectivity index (χ0v) is 16.5. The van der Waals surface area contributed by atoms with Gasteiger partial charge in [-0.3, -0.25) is 5.01 Å². The van der Waals surface area contributed by atoms with E-state index in [2.05, 4.69) is 89.3 Å². The molecular weight excluding hydrogens is 344 g/mol. The molecule has 0 aliphatic heterocycles. The lowest BCUT2D eigenvalue weighted by molar-refractivity contribution is 0.408. The fraction of sp³-hybridized carbons (Fsp3) is 0.167. The first kappa shape index (κ1) is 18.0. The van der Waals surface area contributed by atoms with E-state index in [9.17, 15) is 0 Å². The molecule has 4 aromatic rings. The first-order chi connectivity index (χ1) is 13.6. The average Bonchev–Trinajstić information content (AvgIpc) is 2.72. The van der Waals surface area contributed by atoms with Crippen LogP contribution >= 0.6 is 0 Å². The van der Waals surface area contributed by atoms with Crippen molar-refractivity contribution in [2.75, 3.05) is 19.4 Å². The van der Waals surface area contributed by atoms with Crippen molar-refractivity contribution in [3.05, 3.63) is 78.4 Å². The number of anilines is 2. The lowest BCUT2D eigenvalue weighted by atomic mass is 10.0. The molecule has 4 heteroatoms. The van der Waals surface area contributed by atoms with Crippen molar-refractivity contribution < 1.29 is 0 Å². The van der Waals surface area contributed by atoms with Crippen molar-refractivity contribution in [2.45, 2.75) is 13.3 Å². The summed E-state index contributed by atoms with van der Waals surface area (Å²) in [6.07, 6.45) is 0.941. The second-order valence-electron chi connectivity index (χ2n) is 7.10. The monoisotopic (exact) mass is 368 g/mol. The summed E-state index contributed by atoms with van der Waals surface area (Å²) in [5.74, 6) is 0. The summed E-state index contributed by atoms with van der Waals surface area (Å²) in [4.78, 5) is 0. The van der Waals surface area contributed by atoms with Gasteiger partial charge >= 0.3 is 0 Å². The highest BCUT2D eigenvalue weighted by Gasteiger charge is 2.09. The van der Waals surface area contributed by atoms with E-state index in [1.54, 1.807) is 5.01 Å². The predicted molar refractivity (Wildman–Crippen MR) is 119 cm³/mol. The Morgan fingerprint density at radius 2 is 1.46 bits per heavy atom. The fourth-order valence-electron chi connectivity index (χ4n) is 3.44. The number of fused-ring (bicyclic) bond motifs is 2. The zero-order valence-electron chi connectivity index (χ0n) is 16.5. The molecule has 0 bridgehead atoms. The third-order valence-electron chi connectivity index (χ3n) is 4.77. The Kier molecular flexibility index (Phi) is 4.94. The maximum atomic E-state index is 4.35. The minimum absolute atomic E-state index is 0.847. The molecule has 1 N–H and O–H groups in total. The van der Waals surface area contributed by atoms with E-state index in [0.29, 0.717) is 0 Å². The average molecular weight is 368 g/mol. The van der Waals surface area contributed by atoms with E-state index < -0.39 is 0 Å². The lowest BCUT2D eigenvalue weighted by Crippen LogP contribution is -1.99. The number of benzene rings is 4. The quantitative estimate of drug-likeness (QED) is 0.237. The molecule has 0 unspecified atom stereocenters. The van der Waals surface area contributed by atoms with Gasteiger partial charge in [0.05, 0.1) is 11.4 Å². The van der Waals surface area contributed by atoms with Crippen LogP contribution in [0.15, 0.2) is 83.1 Å². The Balaban J connectivity index is 1.86. The second-order valence-corrected chi connectivity index (χ2v) is 7.10. The molecule has 4 rings (SSSR count). The van der Waals surface area contributed by atoms with Crippen molar-refractivity contribution in [3.63, 3.8) is 0 Å². The van der Waals surface area contributed by atoms with Gasteiger partial charge in [0.25, 0.3) is 0 Å². The Labute approximate surface area is 165 Å². The summed E-state index contributed by atoms with van der Waals surface area (Å²) < 4.78 is 0. The summed E-state index contributed by atoms with van der Waals surface area (Å²) in [7, 11) is 3.74. The molecule has 0 spiro atoms. The van der Waals surface area contributed by atoms with E-state index in [0.717, 1.165) is 23.5 Å². The largest absolute Gasteiger partial charge is 0.354 e. The summed E-state index contributed by atoms with van der Waals surface area (Å²) in [6, 6.07) is 25.5. The number of hydrogen-bond acceptors (Lipinski definition) is 3. The van der Waals surface area contributed by atoms with Gasteiger partial charge in [-0.1, -0.05) is 60.7 Å². The lowest BCUT2D eigenvalue weighted by Gasteiger charge is -2.15. The number of rotatable bonds is 5. The van der Waals surface area contributed by atoms with E-state index in [4.69, 9.17) is 0 Å². The van der Waals surface area contributed by atoms with E-state index in [-0.39, 0.29) is 0 Å². The SMILES string of the molecule is CCc1cc(N=NN(C)C)cc(Nc2c3ccccc3cc3ccccc23)c1. The molecule has 0 radical (unpaired) electrons. The molecule has 0 amide bonds. The third kappa shape index (κ3) is 3.67. The van der Waals surface area contributed by atoms with Gasteiger partial charge in [-0.15, -0.1) is 5.11 Å². The molecule has 0 saturated heterocycles. The molecule has 0 saturated carbocycles. The van der Waals surface area contributed by atoms with Crippen LogP contribution in [0.1, 0.15) is 12.5 Å². The van der Waals surface area contributed by atoms with Crippen molar-refractivity contribution in [1.29, 1.82) is 0 Å². The van der Waals surface area contributed by atoms with Crippen LogP contribution in [0.5, 0.6) is 0 Å². The van der Waals surface area contributed by atoms with Gasteiger partial charge in [-0.2, -0.15) is 0 Å². The van der Waals surface area contributed by atoms with Gasteiger partial charge < -0.3 is 5.32 Å². The molecule has 0 heterocycles. The smallest absolute Gasteiger partial charge is 0.0897 e. The predicted octanol–water partition coefficient (Wildman–Crippen LogP) is 6.86. The van der Waals surface area contributed by atoms with Gasteiger partial charge in [0.15, 0.2) is 0 Å². The van der Waals surface area contributed by atoms with E-state index in [1.165, 1.54) is 27.1 Å². The van der Waals surface area contributed by atoms with Gasteiger partial charge in [0.1, 0.15) is 0 Å². The van der Waals surface area contributed by atoms with Crippen molar-refractivity contribution >= 4 is 38.6 Å². The fourth-order valence-corrected chi connectivity index (χ4v) is 3.44. The summed E-state index contributed by atoms with van der Waals surface area (Å²) in [5, 5.41) is 18.7. The van der Waals surface area contributed by atoms with E-state index >= 15 is 0 Å². The van der Waals surface area contributed by atoms with Crippen LogP contribution in [0.2, 0.25) is 0 Å². The molecule has 4 nitrogen and oxygen atoms in total. The Morgan fingerprint density at radius 1 is 0.821 bits per heavy atom. The van der Waals surface area contributed by atoms with Crippen LogP contribution in [0, 0.1) is 0 Å². The minimum Gasteiger partial charge on any atom is -0.354 e. The van der Waals surface area contributed by atoms with Crippen LogP contribution in [0.3, 0.4) is 0 Å². The molecule has 0 aromatic heterocycles. The number of nitrogens with one attached hydrogen (secondary N) is 1. The van der Waals surface area contributed by atoms with Gasteiger partial charge in [-0.25, -0.2) is 0 Å².